The zero-order valence-electron chi connectivity index (χ0n) is 13.8. The molecule has 2 nitrogen and oxygen atoms in total. The highest BCUT2D eigenvalue weighted by Gasteiger charge is 2.55. The van der Waals surface area contributed by atoms with Gasteiger partial charge in [-0.05, 0) is 42.7 Å². The van der Waals surface area contributed by atoms with Gasteiger partial charge in [-0.3, -0.25) is 4.79 Å². The van der Waals surface area contributed by atoms with Crippen LogP contribution >= 0.6 is 11.6 Å². The van der Waals surface area contributed by atoms with Crippen LogP contribution in [0.3, 0.4) is 0 Å². The predicted octanol–water partition coefficient (Wildman–Crippen LogP) is 4.81. The van der Waals surface area contributed by atoms with E-state index in [9.17, 15) is 18.0 Å². The summed E-state index contributed by atoms with van der Waals surface area (Å²) in [6.45, 7) is -0.159. The Morgan fingerprint density at radius 3 is 2.54 bits per heavy atom. The van der Waals surface area contributed by atoms with E-state index in [4.69, 9.17) is 16.3 Å². The number of benzene rings is 2. The van der Waals surface area contributed by atoms with Gasteiger partial charge < -0.3 is 4.74 Å². The normalized spacial score (nSPS) is 27.5. The Hall–Kier alpha value is -2.01. The summed E-state index contributed by atoms with van der Waals surface area (Å²) in [5.74, 6) is -2.85. The summed E-state index contributed by atoms with van der Waals surface area (Å²) in [7, 11) is 0. The molecule has 1 saturated carbocycles. The van der Waals surface area contributed by atoms with E-state index in [1.807, 2.05) is 0 Å². The molecule has 1 aliphatic carbocycles. The second kappa shape index (κ2) is 6.31. The molecule has 0 unspecified atom stereocenters. The maximum atomic E-state index is 14.8. The van der Waals surface area contributed by atoms with Crippen LogP contribution in [-0.4, -0.2) is 18.6 Å². The SMILES string of the molecule is O=C1CC[C@@]2(Cc3ccc(Cl)cc3)c3c(F)ccc(F)c3OC[C@H]2[C@@H]1F. The first-order valence-electron chi connectivity index (χ1n) is 8.45. The Kier molecular flexibility index (Phi) is 4.22. The van der Waals surface area contributed by atoms with Gasteiger partial charge in [-0.15, -0.1) is 0 Å². The van der Waals surface area contributed by atoms with E-state index in [0.717, 1.165) is 17.7 Å². The molecule has 2 aliphatic rings. The summed E-state index contributed by atoms with van der Waals surface area (Å²) in [4.78, 5) is 11.9. The molecule has 2 aromatic rings. The minimum absolute atomic E-state index is 0.0132. The molecule has 1 heterocycles. The first-order valence-corrected chi connectivity index (χ1v) is 8.83. The third-order valence-electron chi connectivity index (χ3n) is 5.58. The van der Waals surface area contributed by atoms with Crippen LogP contribution in [0.1, 0.15) is 24.0 Å². The molecule has 0 N–H and O–H groups in total. The van der Waals surface area contributed by atoms with Gasteiger partial charge in [0.05, 0.1) is 6.61 Å². The lowest BCUT2D eigenvalue weighted by Crippen LogP contribution is -2.54. The molecule has 136 valence electrons. The van der Waals surface area contributed by atoms with Gasteiger partial charge in [0.1, 0.15) is 5.82 Å². The fourth-order valence-electron chi connectivity index (χ4n) is 4.31. The van der Waals surface area contributed by atoms with Gasteiger partial charge in [0.25, 0.3) is 0 Å². The molecule has 4 rings (SSSR count). The number of carbonyl (C=O) groups is 1. The van der Waals surface area contributed by atoms with Crippen molar-refractivity contribution < 1.29 is 22.7 Å². The molecular weight excluding hydrogens is 365 g/mol. The molecule has 0 saturated heterocycles. The van der Waals surface area contributed by atoms with E-state index in [1.165, 1.54) is 0 Å². The molecule has 6 heteroatoms. The summed E-state index contributed by atoms with van der Waals surface area (Å²) in [5.41, 5.74) is -0.183. The molecular formula is C20H16ClF3O2. The summed E-state index contributed by atoms with van der Waals surface area (Å²) in [6.07, 6.45) is -1.25. The maximum absolute atomic E-state index is 14.8. The van der Waals surface area contributed by atoms with Crippen molar-refractivity contribution in [3.63, 3.8) is 0 Å². The van der Waals surface area contributed by atoms with Crippen LogP contribution in [0.4, 0.5) is 13.2 Å². The number of carbonyl (C=O) groups excluding carboxylic acids is 1. The third-order valence-corrected chi connectivity index (χ3v) is 5.84. The molecule has 0 aromatic heterocycles. The Morgan fingerprint density at radius 1 is 1.12 bits per heavy atom. The largest absolute Gasteiger partial charge is 0.490 e. The summed E-state index contributed by atoms with van der Waals surface area (Å²) in [6, 6.07) is 9.00. The fourth-order valence-corrected chi connectivity index (χ4v) is 4.44. The van der Waals surface area contributed by atoms with Crippen molar-refractivity contribution in [1.82, 2.24) is 0 Å². The first kappa shape index (κ1) is 17.4. The lowest BCUT2D eigenvalue weighted by Gasteiger charge is -2.49. The zero-order chi connectivity index (χ0) is 18.5. The predicted molar refractivity (Wildman–Crippen MR) is 91.3 cm³/mol. The molecule has 0 spiro atoms. The molecule has 1 fully saturated rings. The van der Waals surface area contributed by atoms with Crippen molar-refractivity contribution in [2.24, 2.45) is 5.92 Å². The van der Waals surface area contributed by atoms with Crippen LogP contribution in [-0.2, 0) is 16.6 Å². The van der Waals surface area contributed by atoms with Gasteiger partial charge >= 0.3 is 0 Å². The molecule has 0 amide bonds. The van der Waals surface area contributed by atoms with Gasteiger partial charge in [0.15, 0.2) is 23.5 Å². The highest BCUT2D eigenvalue weighted by atomic mass is 35.5. The van der Waals surface area contributed by atoms with Crippen molar-refractivity contribution in [2.45, 2.75) is 30.8 Å². The second-order valence-corrected chi connectivity index (χ2v) is 7.41. The number of halogens is 4. The monoisotopic (exact) mass is 380 g/mol. The van der Waals surface area contributed by atoms with E-state index in [2.05, 4.69) is 0 Å². The number of hydrogen-bond acceptors (Lipinski definition) is 2. The Bertz CT molecular complexity index is 868. The minimum atomic E-state index is -1.76. The lowest BCUT2D eigenvalue weighted by molar-refractivity contribution is -0.133. The molecule has 26 heavy (non-hydrogen) atoms. The topological polar surface area (TPSA) is 26.3 Å². The molecule has 3 atom stereocenters. The van der Waals surface area contributed by atoms with Crippen molar-refractivity contribution in [3.05, 3.63) is 64.2 Å². The Labute approximate surface area is 153 Å². The third kappa shape index (κ3) is 2.60. The van der Waals surface area contributed by atoms with Gasteiger partial charge in [0.2, 0.25) is 0 Å². The quantitative estimate of drug-likeness (QED) is 0.747. The summed E-state index contributed by atoms with van der Waals surface area (Å²) < 4.78 is 49.2. The van der Waals surface area contributed by atoms with Gasteiger partial charge in [-0.25, -0.2) is 13.2 Å². The lowest BCUT2D eigenvalue weighted by atomic mass is 9.58. The van der Waals surface area contributed by atoms with Gasteiger partial charge in [0, 0.05) is 28.3 Å². The minimum Gasteiger partial charge on any atom is -0.490 e. The van der Waals surface area contributed by atoms with Gasteiger partial charge in [-0.1, -0.05) is 23.7 Å². The summed E-state index contributed by atoms with van der Waals surface area (Å²) in [5, 5.41) is 0.551. The van der Waals surface area contributed by atoms with E-state index < -0.39 is 34.9 Å². The average Bonchev–Trinajstić information content (AvgIpc) is 2.63. The van der Waals surface area contributed by atoms with Crippen LogP contribution in [0.2, 0.25) is 5.02 Å². The Balaban J connectivity index is 1.89. The standard InChI is InChI=1S/C20H16ClF3O2/c21-12-3-1-11(2-4-12)9-20-8-7-16(25)18(24)13(20)10-26-19-15(23)6-5-14(22)17(19)20/h1-6,13,18H,7-10H2/t13-,18-,20-/m0/s1. The molecule has 0 radical (unpaired) electrons. The van der Waals surface area contributed by atoms with E-state index in [1.54, 1.807) is 24.3 Å². The summed E-state index contributed by atoms with van der Waals surface area (Å²) >= 11 is 5.93. The fraction of sp³-hybridized carbons (Fsp3) is 0.350. The van der Waals surface area contributed by atoms with Crippen molar-refractivity contribution in [3.8, 4) is 5.75 Å². The number of rotatable bonds is 2. The maximum Gasteiger partial charge on any atom is 0.167 e. The molecule has 1 aliphatic heterocycles. The molecule has 2 aromatic carbocycles. The van der Waals surface area contributed by atoms with Crippen LogP contribution < -0.4 is 4.74 Å². The molecule has 0 bridgehead atoms. The number of alkyl halides is 1. The average molecular weight is 381 g/mol. The second-order valence-electron chi connectivity index (χ2n) is 6.98. The van der Waals surface area contributed by atoms with Gasteiger partial charge in [-0.2, -0.15) is 0 Å². The number of hydrogen-bond donors (Lipinski definition) is 0. The number of fused-ring (bicyclic) bond motifs is 3. The first-order chi connectivity index (χ1) is 12.4. The Morgan fingerprint density at radius 2 is 1.81 bits per heavy atom. The highest BCUT2D eigenvalue weighted by molar-refractivity contribution is 6.30. The van der Waals surface area contributed by atoms with Crippen LogP contribution in [0, 0.1) is 17.6 Å². The number of ketones is 1. The number of ether oxygens (including phenoxy) is 1. The zero-order valence-corrected chi connectivity index (χ0v) is 14.5. The van der Waals surface area contributed by atoms with Crippen LogP contribution in [0.15, 0.2) is 36.4 Å². The van der Waals surface area contributed by atoms with Crippen LogP contribution in [0.5, 0.6) is 5.75 Å². The van der Waals surface area contributed by atoms with Crippen molar-refractivity contribution >= 4 is 17.4 Å². The van der Waals surface area contributed by atoms with E-state index in [-0.39, 0.29) is 37.2 Å². The van der Waals surface area contributed by atoms with Crippen molar-refractivity contribution in [2.75, 3.05) is 6.61 Å². The van der Waals surface area contributed by atoms with Crippen LogP contribution in [0.25, 0.3) is 0 Å². The van der Waals surface area contributed by atoms with Crippen molar-refractivity contribution in [1.29, 1.82) is 0 Å². The van der Waals surface area contributed by atoms with E-state index in [0.29, 0.717) is 5.02 Å². The number of Topliss-reactive ketones (excluding diaryl/α,β-unsaturated/α-hetero) is 1. The smallest absolute Gasteiger partial charge is 0.167 e. The highest BCUT2D eigenvalue weighted by Crippen LogP contribution is 2.53. The van der Waals surface area contributed by atoms with E-state index >= 15 is 0 Å².